The molecule has 0 unspecified atom stereocenters. The lowest BCUT2D eigenvalue weighted by Crippen LogP contribution is -2.64. The van der Waals surface area contributed by atoms with Crippen molar-refractivity contribution in [3.8, 4) is 5.75 Å². The van der Waals surface area contributed by atoms with Gasteiger partial charge in [-0.05, 0) is 30.3 Å². The van der Waals surface area contributed by atoms with Gasteiger partial charge in [-0.1, -0.05) is 12.1 Å². The molecule has 0 atom stereocenters. The van der Waals surface area contributed by atoms with E-state index in [4.69, 9.17) is 4.74 Å². The molecule has 3 N–H and O–H groups in total. The number of piperidine rings is 1. The number of benzene rings is 2. The molecule has 3 aromatic rings. The quantitative estimate of drug-likeness (QED) is 0.549. The van der Waals surface area contributed by atoms with E-state index in [2.05, 4.69) is 20.6 Å². The highest BCUT2D eigenvalue weighted by molar-refractivity contribution is 6.12. The number of nitrogens with zero attached hydrogens (tertiary/aromatic N) is 2. The lowest BCUT2D eigenvalue weighted by Gasteiger charge is -2.47. The average Bonchev–Trinajstić information content (AvgIpc) is 3.19. The van der Waals surface area contributed by atoms with Crippen molar-refractivity contribution < 1.29 is 19.1 Å². The zero-order valence-corrected chi connectivity index (χ0v) is 16.9. The van der Waals surface area contributed by atoms with Crippen LogP contribution in [0.1, 0.15) is 40.7 Å². The number of aromatic nitrogens is 2. The Morgan fingerprint density at radius 3 is 2.68 bits per heavy atom. The standard InChI is InChI=1S/C22H21N5O4/c1-13(28)24-14-6-7-18-15(12-14)20(29)27(22(31-18)8-10-23-11-9-22)21(30)19-25-16-4-2-3-5-17(16)26-19/h2-7,12,23H,8-11H2,1H3,(H,24,28)(H,25,26). The Balaban J connectivity index is 1.60. The van der Waals surface area contributed by atoms with Crippen LogP contribution in [0.4, 0.5) is 5.69 Å². The highest BCUT2D eigenvalue weighted by Gasteiger charge is 2.51. The molecule has 0 bridgehead atoms. The number of fused-ring (bicyclic) bond motifs is 2. The second-order valence-electron chi connectivity index (χ2n) is 7.74. The Morgan fingerprint density at radius 2 is 1.94 bits per heavy atom. The van der Waals surface area contributed by atoms with Crippen LogP contribution in [0.5, 0.6) is 5.75 Å². The van der Waals surface area contributed by atoms with Crippen LogP contribution in [0.15, 0.2) is 42.5 Å². The van der Waals surface area contributed by atoms with Gasteiger partial charge in [-0.25, -0.2) is 9.88 Å². The summed E-state index contributed by atoms with van der Waals surface area (Å²) in [6, 6.07) is 12.2. The number of carbonyl (C=O) groups is 3. The number of nitrogens with one attached hydrogen (secondary N) is 3. The Morgan fingerprint density at radius 1 is 1.16 bits per heavy atom. The number of hydrogen-bond donors (Lipinski definition) is 3. The second kappa shape index (κ2) is 7.21. The van der Waals surface area contributed by atoms with Gasteiger partial charge in [0.05, 0.1) is 16.6 Å². The lowest BCUT2D eigenvalue weighted by atomic mass is 9.95. The number of hydrogen-bond acceptors (Lipinski definition) is 6. The molecule has 9 nitrogen and oxygen atoms in total. The molecule has 2 aliphatic heterocycles. The third-order valence-electron chi connectivity index (χ3n) is 5.62. The van der Waals surface area contributed by atoms with Gasteiger partial charge in [0.2, 0.25) is 5.91 Å². The van der Waals surface area contributed by atoms with E-state index in [1.807, 2.05) is 18.2 Å². The molecule has 0 radical (unpaired) electrons. The summed E-state index contributed by atoms with van der Waals surface area (Å²) in [5.41, 5.74) is 0.939. The SMILES string of the molecule is CC(=O)Nc1ccc2c(c1)C(=O)N(C(=O)c1nc3ccccc3[nH]1)C1(CCNCC1)O2. The highest BCUT2D eigenvalue weighted by atomic mass is 16.5. The number of amides is 3. The van der Waals surface area contributed by atoms with Crippen LogP contribution in [0.25, 0.3) is 11.0 Å². The van der Waals surface area contributed by atoms with Crippen molar-refractivity contribution in [3.63, 3.8) is 0 Å². The zero-order valence-electron chi connectivity index (χ0n) is 16.9. The largest absolute Gasteiger partial charge is 0.466 e. The minimum absolute atomic E-state index is 0.0810. The van der Waals surface area contributed by atoms with Gasteiger partial charge in [-0.2, -0.15) is 0 Å². The van der Waals surface area contributed by atoms with Crippen LogP contribution in [0.3, 0.4) is 0 Å². The van der Waals surface area contributed by atoms with Crippen LogP contribution in [-0.2, 0) is 4.79 Å². The number of imide groups is 1. The van der Waals surface area contributed by atoms with E-state index in [1.165, 1.54) is 17.9 Å². The monoisotopic (exact) mass is 419 g/mol. The zero-order chi connectivity index (χ0) is 21.6. The van der Waals surface area contributed by atoms with Gasteiger partial charge in [0.1, 0.15) is 5.75 Å². The molecule has 3 amide bonds. The third-order valence-corrected chi connectivity index (χ3v) is 5.62. The van der Waals surface area contributed by atoms with Gasteiger partial charge >= 0.3 is 0 Å². The number of anilines is 1. The van der Waals surface area contributed by atoms with Crippen molar-refractivity contribution in [2.24, 2.45) is 0 Å². The predicted molar refractivity (Wildman–Crippen MR) is 113 cm³/mol. The topological polar surface area (TPSA) is 116 Å². The number of rotatable bonds is 2. The van der Waals surface area contributed by atoms with Crippen LogP contribution in [-0.4, -0.2) is 51.4 Å². The summed E-state index contributed by atoms with van der Waals surface area (Å²) in [6.07, 6.45) is 0.912. The summed E-state index contributed by atoms with van der Waals surface area (Å²) in [6.45, 7) is 2.60. The van der Waals surface area contributed by atoms with Crippen LogP contribution >= 0.6 is 0 Å². The van der Waals surface area contributed by atoms with Crippen LogP contribution in [0, 0.1) is 0 Å². The normalized spacial score (nSPS) is 17.3. The minimum atomic E-state index is -1.10. The maximum absolute atomic E-state index is 13.6. The van der Waals surface area contributed by atoms with Crippen molar-refractivity contribution in [2.45, 2.75) is 25.5 Å². The fourth-order valence-corrected chi connectivity index (χ4v) is 4.20. The van der Waals surface area contributed by atoms with Gasteiger partial charge in [-0.3, -0.25) is 14.4 Å². The molecule has 5 rings (SSSR count). The summed E-state index contributed by atoms with van der Waals surface area (Å²) >= 11 is 0. The number of H-pyrrole nitrogens is 1. The fraction of sp³-hybridized carbons (Fsp3) is 0.273. The minimum Gasteiger partial charge on any atom is -0.466 e. The van der Waals surface area contributed by atoms with Crippen molar-refractivity contribution in [1.82, 2.24) is 20.2 Å². The van der Waals surface area contributed by atoms with E-state index in [0.717, 1.165) is 0 Å². The summed E-state index contributed by atoms with van der Waals surface area (Å²) in [5.74, 6) is -0.791. The molecular weight excluding hydrogens is 398 g/mol. The number of ether oxygens (including phenoxy) is 1. The van der Waals surface area contributed by atoms with E-state index < -0.39 is 17.5 Å². The van der Waals surface area contributed by atoms with Gasteiger partial charge in [0, 0.05) is 38.5 Å². The van der Waals surface area contributed by atoms with Crippen molar-refractivity contribution in [2.75, 3.05) is 18.4 Å². The van der Waals surface area contributed by atoms with Crippen molar-refractivity contribution in [3.05, 3.63) is 53.9 Å². The molecule has 0 aliphatic carbocycles. The molecule has 1 aromatic heterocycles. The molecule has 9 heteroatoms. The summed E-state index contributed by atoms with van der Waals surface area (Å²) in [7, 11) is 0. The maximum atomic E-state index is 13.6. The first-order valence-corrected chi connectivity index (χ1v) is 10.1. The first kappa shape index (κ1) is 19.3. The van der Waals surface area contributed by atoms with Crippen LogP contribution in [0.2, 0.25) is 0 Å². The second-order valence-corrected chi connectivity index (χ2v) is 7.74. The molecule has 2 aliphatic rings. The molecule has 0 saturated carbocycles. The first-order valence-electron chi connectivity index (χ1n) is 10.1. The average molecular weight is 419 g/mol. The van der Waals surface area contributed by atoms with E-state index in [0.29, 0.717) is 48.4 Å². The van der Waals surface area contributed by atoms with Gasteiger partial charge in [-0.15, -0.1) is 0 Å². The van der Waals surface area contributed by atoms with E-state index >= 15 is 0 Å². The molecule has 1 fully saturated rings. The predicted octanol–water partition coefficient (Wildman–Crippen LogP) is 2.28. The summed E-state index contributed by atoms with van der Waals surface area (Å²) in [5, 5.41) is 5.91. The first-order chi connectivity index (χ1) is 15.0. The van der Waals surface area contributed by atoms with Crippen molar-refractivity contribution in [1.29, 1.82) is 0 Å². The Bertz CT molecular complexity index is 1180. The maximum Gasteiger partial charge on any atom is 0.299 e. The molecule has 158 valence electrons. The van der Waals surface area contributed by atoms with Crippen LogP contribution < -0.4 is 15.4 Å². The molecule has 3 heterocycles. The molecule has 1 saturated heterocycles. The molecular formula is C22H21N5O4. The van der Waals surface area contributed by atoms with Crippen molar-refractivity contribution >= 4 is 34.4 Å². The van der Waals surface area contributed by atoms with Gasteiger partial charge in [0.15, 0.2) is 11.5 Å². The summed E-state index contributed by atoms with van der Waals surface area (Å²) in [4.78, 5) is 47.2. The van der Waals surface area contributed by atoms with Gasteiger partial charge in [0.25, 0.3) is 11.8 Å². The van der Waals surface area contributed by atoms with Gasteiger partial charge < -0.3 is 20.4 Å². The lowest BCUT2D eigenvalue weighted by molar-refractivity contribution is -0.114. The number of aromatic amines is 1. The smallest absolute Gasteiger partial charge is 0.299 e. The number of para-hydroxylation sites is 2. The number of imidazole rings is 1. The Labute approximate surface area is 177 Å². The van der Waals surface area contributed by atoms with E-state index in [1.54, 1.807) is 18.2 Å². The highest BCUT2D eigenvalue weighted by Crippen LogP contribution is 2.40. The number of carbonyl (C=O) groups excluding carboxylic acids is 3. The molecule has 2 aromatic carbocycles. The third kappa shape index (κ3) is 3.23. The Hall–Kier alpha value is -3.72. The summed E-state index contributed by atoms with van der Waals surface area (Å²) < 4.78 is 6.31. The van der Waals surface area contributed by atoms with E-state index in [9.17, 15) is 14.4 Å². The fourth-order valence-electron chi connectivity index (χ4n) is 4.20. The molecule has 1 spiro atoms. The molecule has 31 heavy (non-hydrogen) atoms. The van der Waals surface area contributed by atoms with E-state index in [-0.39, 0.29) is 17.3 Å². The Kier molecular flexibility index (Phi) is 4.48.